The Morgan fingerprint density at radius 1 is 1.43 bits per heavy atom. The number of aryl methyl sites for hydroxylation is 2. The first-order valence-corrected chi connectivity index (χ1v) is 4.49. The maximum atomic E-state index is 12.1. The minimum Gasteiger partial charge on any atom is -0.449 e. The van der Waals surface area contributed by atoms with Gasteiger partial charge < -0.3 is 12.9 Å². The summed E-state index contributed by atoms with van der Waals surface area (Å²) in [6.45, 7) is -3.13. The molecule has 0 aliphatic carbocycles. The Balaban J connectivity index is 0.00000169. The molecule has 0 atom stereocenters. The van der Waals surface area contributed by atoms with Gasteiger partial charge in [-0.15, -0.1) is 0 Å². The Kier molecular flexibility index (Phi) is 5.96. The zero-order valence-corrected chi connectivity index (χ0v) is 12.9. The van der Waals surface area contributed by atoms with Gasteiger partial charge in [0.05, 0.1) is 10.2 Å². The summed E-state index contributed by atoms with van der Waals surface area (Å²) in [5, 5.41) is 3.87. The molecule has 8 heteroatoms. The van der Waals surface area contributed by atoms with Gasteiger partial charge in [0.15, 0.2) is 0 Å². The molecule has 0 fully saturated rings. The number of halogens is 4. The molecule has 0 aliphatic heterocycles. The van der Waals surface area contributed by atoms with Crippen molar-refractivity contribution in [2.45, 2.75) is 13.2 Å². The monoisotopic (exact) mass is 294 g/mol. The third-order valence-electron chi connectivity index (χ3n) is 1.69. The Hall–Kier alpha value is 1.18. The molecule has 1 aromatic heterocycles. The molecule has 0 N–H and O–H groups in total. The predicted octanol–water partition coefficient (Wildman–Crippen LogP) is -0.576. The van der Waals surface area contributed by atoms with Crippen LogP contribution in [0.15, 0.2) is 4.47 Å². The van der Waals surface area contributed by atoms with Crippen LogP contribution in [0.3, 0.4) is 0 Å². The topological polar surface area (TPSA) is 17.8 Å². The van der Waals surface area contributed by atoms with E-state index in [1.54, 1.807) is 6.92 Å². The van der Waals surface area contributed by atoms with Crippen LogP contribution < -0.4 is 51.4 Å². The van der Waals surface area contributed by atoms with Crippen molar-refractivity contribution in [1.29, 1.82) is 0 Å². The SMILES string of the molecule is Cc1nn(C)c(C[B-](F)(F)F)c1Br.[K+]. The van der Waals surface area contributed by atoms with E-state index in [1.807, 2.05) is 0 Å². The molecule has 0 radical (unpaired) electrons. The molecule has 74 valence electrons. The van der Waals surface area contributed by atoms with E-state index in [0.717, 1.165) is 0 Å². The maximum Gasteiger partial charge on any atom is 1.00 e. The van der Waals surface area contributed by atoms with Crippen LogP contribution in [-0.2, 0) is 13.4 Å². The first-order chi connectivity index (χ1) is 5.81. The Morgan fingerprint density at radius 3 is 2.21 bits per heavy atom. The van der Waals surface area contributed by atoms with Crippen molar-refractivity contribution in [1.82, 2.24) is 9.78 Å². The Bertz CT molecular complexity index is 326. The minimum atomic E-state index is -4.80. The van der Waals surface area contributed by atoms with Crippen LogP contribution in [0.25, 0.3) is 0 Å². The van der Waals surface area contributed by atoms with Gasteiger partial charge in [-0.2, -0.15) is 5.10 Å². The number of aromatic nitrogens is 2. The number of rotatable bonds is 2. The van der Waals surface area contributed by atoms with Crippen molar-refractivity contribution in [2.75, 3.05) is 0 Å². The summed E-state index contributed by atoms with van der Waals surface area (Å²) in [4.78, 5) is 0. The summed E-state index contributed by atoms with van der Waals surface area (Å²) in [5.41, 5.74) is 0.766. The van der Waals surface area contributed by atoms with Crippen LogP contribution in [0.2, 0.25) is 0 Å². The third kappa shape index (κ3) is 3.98. The Labute approximate surface area is 131 Å². The van der Waals surface area contributed by atoms with Crippen LogP contribution in [0.4, 0.5) is 12.9 Å². The van der Waals surface area contributed by atoms with E-state index < -0.39 is 13.3 Å². The Morgan fingerprint density at radius 2 is 1.93 bits per heavy atom. The number of hydrogen-bond donors (Lipinski definition) is 0. The van der Waals surface area contributed by atoms with Crippen molar-refractivity contribution >= 4 is 22.9 Å². The van der Waals surface area contributed by atoms with Gasteiger partial charge in [0.2, 0.25) is 0 Å². The molecule has 1 rings (SSSR count). The summed E-state index contributed by atoms with van der Waals surface area (Å²) < 4.78 is 38.0. The average Bonchev–Trinajstić information content (AvgIpc) is 2.14. The first kappa shape index (κ1) is 15.2. The fraction of sp³-hybridized carbons (Fsp3) is 0.500. The van der Waals surface area contributed by atoms with Gasteiger partial charge in [0.25, 0.3) is 0 Å². The van der Waals surface area contributed by atoms with Crippen LogP contribution in [-0.4, -0.2) is 16.8 Å². The van der Waals surface area contributed by atoms with Gasteiger partial charge in [0.1, 0.15) is 0 Å². The third-order valence-corrected chi connectivity index (χ3v) is 2.72. The zero-order chi connectivity index (χ0) is 10.2. The normalized spacial score (nSPS) is 11.3. The molecule has 1 heterocycles. The molecule has 0 saturated heterocycles. The molecule has 0 amide bonds. The van der Waals surface area contributed by atoms with Crippen molar-refractivity contribution < 1.29 is 64.3 Å². The number of hydrogen-bond acceptors (Lipinski definition) is 1. The molecule has 0 aliphatic rings. The minimum absolute atomic E-state index is 0. The van der Waals surface area contributed by atoms with Crippen molar-refractivity contribution in [2.24, 2.45) is 7.05 Å². The van der Waals surface area contributed by atoms with E-state index in [2.05, 4.69) is 21.0 Å². The molecule has 2 nitrogen and oxygen atoms in total. The summed E-state index contributed by atoms with van der Waals surface area (Å²) in [7, 11) is 1.51. The van der Waals surface area contributed by atoms with Gasteiger partial charge in [-0.25, -0.2) is 0 Å². The van der Waals surface area contributed by atoms with Gasteiger partial charge in [-0.3, -0.25) is 4.68 Å². The van der Waals surface area contributed by atoms with E-state index in [-0.39, 0.29) is 57.1 Å². The van der Waals surface area contributed by atoms with E-state index in [1.165, 1.54) is 11.7 Å². The smallest absolute Gasteiger partial charge is 0.449 e. The largest absolute Gasteiger partial charge is 1.00 e. The van der Waals surface area contributed by atoms with Gasteiger partial charge in [-0.05, 0) is 29.2 Å². The van der Waals surface area contributed by atoms with Crippen LogP contribution in [0, 0.1) is 6.92 Å². The van der Waals surface area contributed by atoms with Crippen molar-refractivity contribution in [3.05, 3.63) is 15.9 Å². The van der Waals surface area contributed by atoms with Crippen molar-refractivity contribution in [3.63, 3.8) is 0 Å². The van der Waals surface area contributed by atoms with E-state index in [0.29, 0.717) is 10.2 Å². The van der Waals surface area contributed by atoms with E-state index in [9.17, 15) is 12.9 Å². The summed E-state index contributed by atoms with van der Waals surface area (Å²) in [6.07, 6.45) is -0.891. The van der Waals surface area contributed by atoms with Crippen molar-refractivity contribution in [3.8, 4) is 0 Å². The van der Waals surface area contributed by atoms with Gasteiger partial charge >= 0.3 is 58.4 Å². The molecular weight excluding hydrogens is 287 g/mol. The second kappa shape index (κ2) is 5.49. The fourth-order valence-corrected chi connectivity index (χ4v) is 1.62. The maximum absolute atomic E-state index is 12.1. The second-order valence-corrected chi connectivity index (χ2v) is 3.68. The van der Waals surface area contributed by atoms with E-state index in [4.69, 9.17) is 0 Å². The molecular formula is C6H8BBrF3KN2. The predicted molar refractivity (Wildman–Crippen MR) is 48.4 cm³/mol. The molecule has 0 spiro atoms. The van der Waals surface area contributed by atoms with Crippen LogP contribution in [0.5, 0.6) is 0 Å². The average molecular weight is 295 g/mol. The number of nitrogens with zero attached hydrogens (tertiary/aromatic N) is 2. The summed E-state index contributed by atoms with van der Waals surface area (Å²) >= 11 is 3.08. The quantitative estimate of drug-likeness (QED) is 0.668. The molecule has 1 aromatic rings. The molecule has 0 bridgehead atoms. The zero-order valence-electron chi connectivity index (χ0n) is 8.19. The molecule has 0 saturated carbocycles. The second-order valence-electron chi connectivity index (χ2n) is 2.88. The van der Waals surface area contributed by atoms with Crippen LogP contribution >= 0.6 is 15.9 Å². The molecule has 0 aromatic carbocycles. The first-order valence-electron chi connectivity index (χ1n) is 3.70. The molecule has 14 heavy (non-hydrogen) atoms. The van der Waals surface area contributed by atoms with Gasteiger partial charge in [0, 0.05) is 12.7 Å². The summed E-state index contributed by atoms with van der Waals surface area (Å²) in [5.74, 6) is 0. The van der Waals surface area contributed by atoms with Gasteiger partial charge in [-0.1, -0.05) is 0 Å². The fourth-order valence-electron chi connectivity index (χ4n) is 1.12. The van der Waals surface area contributed by atoms with E-state index >= 15 is 0 Å². The molecule has 0 unspecified atom stereocenters. The summed E-state index contributed by atoms with van der Waals surface area (Å²) in [6, 6.07) is 0. The van der Waals surface area contributed by atoms with Crippen LogP contribution in [0.1, 0.15) is 11.4 Å². The standard InChI is InChI=1S/C6H8BBrF3N2.K/c1-4-6(8)5(13(2)12-4)3-7(9,10)11;/h3H2,1-2H3;/q-1;+1.